The number of carboxylic acid groups (broad SMARTS) is 1. The van der Waals surface area contributed by atoms with Crippen LogP contribution in [0.4, 0.5) is 5.69 Å². The Kier molecular flexibility index (Phi) is 5.74. The lowest BCUT2D eigenvalue weighted by atomic mass is 9.86. The van der Waals surface area contributed by atoms with Gasteiger partial charge < -0.3 is 15.2 Å². The van der Waals surface area contributed by atoms with Crippen molar-refractivity contribution in [3.05, 3.63) is 38.9 Å². The molecule has 130 valence electrons. The van der Waals surface area contributed by atoms with Gasteiger partial charge in [-0.3, -0.25) is 19.7 Å². The number of ether oxygens (including phenoxy) is 1. The molecule has 0 spiro atoms. The molecule has 0 bridgehead atoms. The van der Waals surface area contributed by atoms with Gasteiger partial charge in [0.1, 0.15) is 0 Å². The summed E-state index contributed by atoms with van der Waals surface area (Å²) >= 11 is 5.98. The smallest absolute Gasteiger partial charge is 0.305 e. The average molecular weight is 357 g/mol. The van der Waals surface area contributed by atoms with E-state index in [0.29, 0.717) is 31.6 Å². The summed E-state index contributed by atoms with van der Waals surface area (Å²) in [5, 5.41) is 22.7. The van der Waals surface area contributed by atoms with Gasteiger partial charge in [-0.2, -0.15) is 0 Å². The standard InChI is InChI=1S/C15H17ClN2O6/c16-12-8-11(18(22)23)2-1-10(12)7-13(19)17-15(9-14(20)21)3-5-24-6-4-15/h1-2,8H,3-7,9H2,(H,17,19)(H,20,21). The molecule has 9 heteroatoms. The van der Waals surface area contributed by atoms with E-state index < -0.39 is 16.4 Å². The third kappa shape index (κ3) is 4.65. The number of carbonyl (C=O) groups is 2. The van der Waals surface area contributed by atoms with Crippen LogP contribution in [0.5, 0.6) is 0 Å². The Balaban J connectivity index is 2.08. The van der Waals surface area contributed by atoms with Crippen molar-refractivity contribution in [1.82, 2.24) is 5.32 Å². The van der Waals surface area contributed by atoms with Gasteiger partial charge in [0.25, 0.3) is 5.69 Å². The van der Waals surface area contributed by atoms with E-state index in [2.05, 4.69) is 5.32 Å². The quantitative estimate of drug-likeness (QED) is 0.593. The van der Waals surface area contributed by atoms with Gasteiger partial charge in [-0.25, -0.2) is 0 Å². The van der Waals surface area contributed by atoms with Crippen molar-refractivity contribution < 1.29 is 24.4 Å². The van der Waals surface area contributed by atoms with Gasteiger partial charge in [-0.15, -0.1) is 0 Å². The van der Waals surface area contributed by atoms with Crippen LogP contribution in [0.2, 0.25) is 5.02 Å². The van der Waals surface area contributed by atoms with Crippen LogP contribution in [0, 0.1) is 10.1 Å². The zero-order chi connectivity index (χ0) is 17.7. The van der Waals surface area contributed by atoms with Crippen molar-refractivity contribution in [2.45, 2.75) is 31.2 Å². The molecule has 0 aliphatic carbocycles. The maximum atomic E-state index is 12.3. The third-order valence-electron chi connectivity index (χ3n) is 3.94. The molecule has 24 heavy (non-hydrogen) atoms. The maximum absolute atomic E-state index is 12.3. The summed E-state index contributed by atoms with van der Waals surface area (Å²) in [5.41, 5.74) is -0.553. The molecule has 1 amide bonds. The Morgan fingerprint density at radius 2 is 2.04 bits per heavy atom. The van der Waals surface area contributed by atoms with Crippen LogP contribution in [0.25, 0.3) is 0 Å². The van der Waals surface area contributed by atoms with E-state index in [4.69, 9.17) is 21.4 Å². The van der Waals surface area contributed by atoms with Gasteiger partial charge in [0, 0.05) is 25.3 Å². The van der Waals surface area contributed by atoms with Gasteiger partial charge in [-0.05, 0) is 18.4 Å². The van der Waals surface area contributed by atoms with Gasteiger partial charge in [0.15, 0.2) is 0 Å². The lowest BCUT2D eigenvalue weighted by molar-refractivity contribution is -0.384. The Hall–Kier alpha value is -2.19. The number of carbonyl (C=O) groups excluding carboxylic acids is 1. The number of nitro benzene ring substituents is 1. The van der Waals surface area contributed by atoms with Crippen molar-refractivity contribution >= 4 is 29.2 Å². The lowest BCUT2D eigenvalue weighted by Crippen LogP contribution is -2.53. The fourth-order valence-corrected chi connectivity index (χ4v) is 2.95. The van der Waals surface area contributed by atoms with Gasteiger partial charge >= 0.3 is 5.97 Å². The van der Waals surface area contributed by atoms with E-state index >= 15 is 0 Å². The second-order valence-electron chi connectivity index (χ2n) is 5.72. The molecule has 0 saturated carbocycles. The summed E-state index contributed by atoms with van der Waals surface area (Å²) in [6.07, 6.45) is 0.563. The summed E-state index contributed by atoms with van der Waals surface area (Å²) in [7, 11) is 0. The summed E-state index contributed by atoms with van der Waals surface area (Å²) < 4.78 is 5.23. The largest absolute Gasteiger partial charge is 0.481 e. The molecule has 1 fully saturated rings. The molecule has 2 rings (SSSR count). The van der Waals surface area contributed by atoms with Crippen LogP contribution in [0.1, 0.15) is 24.8 Å². The summed E-state index contributed by atoms with van der Waals surface area (Å²) in [4.78, 5) is 33.5. The Morgan fingerprint density at radius 1 is 1.38 bits per heavy atom. The van der Waals surface area contributed by atoms with Crippen molar-refractivity contribution in [3.63, 3.8) is 0 Å². The highest BCUT2D eigenvalue weighted by Crippen LogP contribution is 2.26. The fourth-order valence-electron chi connectivity index (χ4n) is 2.70. The number of rotatable bonds is 6. The number of carboxylic acids is 1. The molecule has 1 saturated heterocycles. The summed E-state index contributed by atoms with van der Waals surface area (Å²) in [6, 6.07) is 3.88. The SMILES string of the molecule is O=C(O)CC1(NC(=O)Cc2ccc([N+](=O)[O-])cc2Cl)CCOCC1. The number of nitrogens with one attached hydrogen (secondary N) is 1. The van der Waals surface area contributed by atoms with Crippen molar-refractivity contribution in [2.24, 2.45) is 0 Å². The van der Waals surface area contributed by atoms with Crippen LogP contribution >= 0.6 is 11.6 Å². The van der Waals surface area contributed by atoms with Crippen LogP contribution in [0.3, 0.4) is 0 Å². The highest BCUT2D eigenvalue weighted by Gasteiger charge is 2.36. The molecule has 1 aromatic rings. The lowest BCUT2D eigenvalue weighted by Gasteiger charge is -2.36. The Labute approximate surface area is 142 Å². The topological polar surface area (TPSA) is 119 Å². The van der Waals surface area contributed by atoms with E-state index in [0.717, 1.165) is 0 Å². The molecule has 1 aliphatic rings. The number of hydrogen-bond acceptors (Lipinski definition) is 5. The molecule has 1 heterocycles. The van der Waals surface area contributed by atoms with Crippen LogP contribution in [0.15, 0.2) is 18.2 Å². The number of non-ortho nitro benzene ring substituents is 1. The minimum Gasteiger partial charge on any atom is -0.481 e. The van der Waals surface area contributed by atoms with Gasteiger partial charge in [0.2, 0.25) is 5.91 Å². The van der Waals surface area contributed by atoms with Crippen molar-refractivity contribution in [3.8, 4) is 0 Å². The molecular weight excluding hydrogens is 340 g/mol. The molecule has 8 nitrogen and oxygen atoms in total. The number of amides is 1. The van der Waals surface area contributed by atoms with E-state index in [1.165, 1.54) is 18.2 Å². The monoisotopic (exact) mass is 356 g/mol. The first-order valence-corrected chi connectivity index (χ1v) is 7.72. The fraction of sp³-hybridized carbons (Fsp3) is 0.467. The van der Waals surface area contributed by atoms with E-state index in [1.807, 2.05) is 0 Å². The maximum Gasteiger partial charge on any atom is 0.305 e. The zero-order valence-corrected chi connectivity index (χ0v) is 13.5. The second kappa shape index (κ2) is 7.59. The average Bonchev–Trinajstić information content (AvgIpc) is 2.49. The molecule has 0 atom stereocenters. The van der Waals surface area contributed by atoms with E-state index in [-0.39, 0.29) is 29.5 Å². The molecule has 0 aromatic heterocycles. The number of nitrogens with zero attached hydrogens (tertiary/aromatic N) is 1. The Bertz CT molecular complexity index is 657. The number of hydrogen-bond donors (Lipinski definition) is 2. The first-order valence-electron chi connectivity index (χ1n) is 7.35. The molecule has 2 N–H and O–H groups in total. The molecular formula is C15H17ClN2O6. The van der Waals surface area contributed by atoms with Crippen LogP contribution < -0.4 is 5.32 Å². The Morgan fingerprint density at radius 3 is 2.58 bits per heavy atom. The number of halogens is 1. The molecule has 1 aliphatic heterocycles. The highest BCUT2D eigenvalue weighted by molar-refractivity contribution is 6.31. The highest BCUT2D eigenvalue weighted by atomic mass is 35.5. The first kappa shape index (κ1) is 18.2. The van der Waals surface area contributed by atoms with E-state index in [9.17, 15) is 19.7 Å². The van der Waals surface area contributed by atoms with Crippen LogP contribution in [-0.2, 0) is 20.7 Å². The number of nitro groups is 1. The van der Waals surface area contributed by atoms with Gasteiger partial charge in [-0.1, -0.05) is 17.7 Å². The van der Waals surface area contributed by atoms with Crippen LogP contribution in [-0.4, -0.2) is 40.7 Å². The van der Waals surface area contributed by atoms with E-state index in [1.54, 1.807) is 0 Å². The summed E-state index contributed by atoms with van der Waals surface area (Å²) in [5.74, 6) is -1.38. The zero-order valence-electron chi connectivity index (χ0n) is 12.8. The summed E-state index contributed by atoms with van der Waals surface area (Å²) in [6.45, 7) is 0.762. The normalized spacial score (nSPS) is 16.4. The predicted molar refractivity (Wildman–Crippen MR) is 85.0 cm³/mol. The number of aliphatic carboxylic acids is 1. The number of benzene rings is 1. The van der Waals surface area contributed by atoms with Crippen molar-refractivity contribution in [1.29, 1.82) is 0 Å². The predicted octanol–water partition coefficient (Wildman–Crippen LogP) is 1.93. The minimum atomic E-state index is -0.995. The van der Waals surface area contributed by atoms with Crippen molar-refractivity contribution in [2.75, 3.05) is 13.2 Å². The third-order valence-corrected chi connectivity index (χ3v) is 4.29. The molecule has 0 radical (unpaired) electrons. The second-order valence-corrected chi connectivity index (χ2v) is 6.13. The minimum absolute atomic E-state index is 0.0843. The van der Waals surface area contributed by atoms with Gasteiger partial charge in [0.05, 0.1) is 28.3 Å². The molecule has 1 aromatic carbocycles. The first-order chi connectivity index (χ1) is 11.3. The molecule has 0 unspecified atom stereocenters.